The van der Waals surface area contributed by atoms with Crippen molar-refractivity contribution in [3.8, 4) is 11.4 Å². The Hall–Kier alpha value is -2.05. The number of aliphatic hydroxyl groups excluding tert-OH is 2. The number of halogens is 1. The number of thioether (sulfide) groups is 1. The number of aromatic nitrogens is 4. The van der Waals surface area contributed by atoms with Gasteiger partial charge < -0.3 is 24.7 Å². The summed E-state index contributed by atoms with van der Waals surface area (Å²) in [5.74, 6) is 0. The van der Waals surface area contributed by atoms with Gasteiger partial charge in [0.15, 0.2) is 0 Å². The van der Waals surface area contributed by atoms with Crippen LogP contribution in [-0.2, 0) is 9.47 Å². The molecule has 1 saturated heterocycles. The summed E-state index contributed by atoms with van der Waals surface area (Å²) in [6, 6.07) is 4.55. The predicted octanol–water partition coefficient (Wildman–Crippen LogP) is 2.43. The van der Waals surface area contributed by atoms with Crippen molar-refractivity contribution in [2.75, 3.05) is 13.7 Å². The molecule has 1 aliphatic heterocycles. The zero-order valence-electron chi connectivity index (χ0n) is 16.6. The number of aromatic amines is 1. The van der Waals surface area contributed by atoms with Crippen LogP contribution >= 0.6 is 39.0 Å². The maximum absolute atomic E-state index is 11.5. The van der Waals surface area contributed by atoms with Crippen molar-refractivity contribution in [1.29, 1.82) is 0 Å². The van der Waals surface area contributed by atoms with Gasteiger partial charge in [-0.2, -0.15) is 0 Å². The van der Waals surface area contributed by atoms with Gasteiger partial charge in [0.05, 0.1) is 25.1 Å². The first-order valence-corrected chi connectivity index (χ1v) is 11.9. The summed E-state index contributed by atoms with van der Waals surface area (Å²) >= 11 is 5.70. The molecule has 0 bridgehead atoms. The van der Waals surface area contributed by atoms with Crippen molar-refractivity contribution < 1.29 is 19.7 Å². The molecule has 0 aliphatic carbocycles. The quantitative estimate of drug-likeness (QED) is 0.407. The van der Waals surface area contributed by atoms with E-state index in [9.17, 15) is 15.0 Å². The van der Waals surface area contributed by atoms with Crippen molar-refractivity contribution in [3.05, 3.63) is 55.3 Å². The molecule has 5 atom stereocenters. The number of aliphatic hydroxyl groups is 2. The highest BCUT2D eigenvalue weighted by Gasteiger charge is 2.47. The van der Waals surface area contributed by atoms with Crippen LogP contribution in [0.5, 0.6) is 0 Å². The Bertz CT molecular complexity index is 1190. The zero-order chi connectivity index (χ0) is 22.8. The number of thiazole rings is 1. The molecule has 32 heavy (non-hydrogen) atoms. The Balaban J connectivity index is 1.69. The van der Waals surface area contributed by atoms with Crippen LogP contribution < -0.4 is 4.87 Å². The summed E-state index contributed by atoms with van der Waals surface area (Å²) in [7, 11) is 1.49. The first kappa shape index (κ1) is 23.1. The van der Waals surface area contributed by atoms with E-state index < -0.39 is 36.4 Å². The molecule has 10 nitrogen and oxygen atoms in total. The molecule has 2 aromatic heterocycles. The highest BCUT2D eigenvalue weighted by molar-refractivity contribution is 9.10. The Morgan fingerprint density at radius 1 is 1.50 bits per heavy atom. The van der Waals surface area contributed by atoms with Crippen molar-refractivity contribution in [3.63, 3.8) is 0 Å². The molecular formula is C19H18BrN5O5S2. The van der Waals surface area contributed by atoms with Gasteiger partial charge in [0.25, 0.3) is 0 Å². The fourth-order valence-corrected chi connectivity index (χ4v) is 5.83. The molecular weight excluding hydrogens is 522 g/mol. The molecule has 3 heterocycles. The SMILES string of the molecule is [C-]#[N+]c1ccc(Br)cc1S[C@H]1OC(CO)[C@H](O)[C@H](n2cc(-c3csc(=O)[nH]3)nn2)C1OC. The number of hydrogen-bond acceptors (Lipinski definition) is 9. The summed E-state index contributed by atoms with van der Waals surface area (Å²) in [5.41, 5.74) is 0.740. The summed E-state index contributed by atoms with van der Waals surface area (Å²) < 4.78 is 13.9. The molecule has 0 amide bonds. The van der Waals surface area contributed by atoms with Crippen LogP contribution in [0.3, 0.4) is 0 Å². The lowest BCUT2D eigenvalue weighted by atomic mass is 9.97. The van der Waals surface area contributed by atoms with E-state index in [4.69, 9.17) is 16.0 Å². The average Bonchev–Trinajstić information content (AvgIpc) is 3.43. The second kappa shape index (κ2) is 9.84. The minimum atomic E-state index is -1.14. The molecule has 4 rings (SSSR count). The number of hydrogen-bond donors (Lipinski definition) is 3. The Morgan fingerprint density at radius 2 is 2.31 bits per heavy atom. The van der Waals surface area contributed by atoms with Crippen molar-refractivity contribution in [2.45, 2.75) is 34.7 Å². The lowest BCUT2D eigenvalue weighted by Gasteiger charge is -2.43. The first-order valence-electron chi connectivity index (χ1n) is 9.36. The zero-order valence-corrected chi connectivity index (χ0v) is 19.8. The standard InChI is InChI=1S/C19H18BrN5O5S2/c1-21-10-4-3-9(20)5-14(10)32-18-17(29-2)15(16(27)13(7-26)30-18)25-6-11(23-24-25)12-8-31-19(28)22-12/h3-6,8,13,15-18,26-27H,7H2,2H3,(H,22,28)/t13?,15-,16-,17?,18+/m0/s1. The van der Waals surface area contributed by atoms with Gasteiger partial charge in [-0.1, -0.05) is 44.6 Å². The second-order valence-corrected chi connectivity index (χ2v) is 9.79. The lowest BCUT2D eigenvalue weighted by molar-refractivity contribution is -0.186. The van der Waals surface area contributed by atoms with Crippen LogP contribution in [0.25, 0.3) is 16.2 Å². The molecule has 1 fully saturated rings. The third-order valence-corrected chi connectivity index (χ3v) is 7.35. The van der Waals surface area contributed by atoms with Crippen LogP contribution in [0, 0.1) is 6.57 Å². The monoisotopic (exact) mass is 539 g/mol. The first-order chi connectivity index (χ1) is 15.4. The van der Waals surface area contributed by atoms with E-state index in [1.54, 1.807) is 23.7 Å². The number of methoxy groups -OCH3 is 1. The Labute approximate surface area is 199 Å². The third kappa shape index (κ3) is 4.53. The van der Waals surface area contributed by atoms with Gasteiger partial charge in [-0.15, -0.1) is 16.9 Å². The summed E-state index contributed by atoms with van der Waals surface area (Å²) in [6.07, 6.45) is -1.13. The van der Waals surface area contributed by atoms with E-state index in [1.807, 2.05) is 6.07 Å². The van der Waals surface area contributed by atoms with Gasteiger partial charge in [-0.05, 0) is 6.07 Å². The predicted molar refractivity (Wildman–Crippen MR) is 122 cm³/mol. The van der Waals surface area contributed by atoms with E-state index in [0.717, 1.165) is 15.8 Å². The van der Waals surface area contributed by atoms with Gasteiger partial charge in [0.2, 0.25) is 5.69 Å². The number of rotatable bonds is 6. The minimum absolute atomic E-state index is 0.211. The molecule has 0 saturated carbocycles. The summed E-state index contributed by atoms with van der Waals surface area (Å²) in [4.78, 5) is 18.2. The van der Waals surface area contributed by atoms with E-state index in [0.29, 0.717) is 22.0 Å². The molecule has 0 radical (unpaired) electrons. The van der Waals surface area contributed by atoms with Crippen LogP contribution in [0.15, 0.2) is 43.9 Å². The van der Waals surface area contributed by atoms with Crippen LogP contribution in [-0.4, -0.2) is 67.7 Å². The Kier molecular flexibility index (Phi) is 7.11. The number of H-pyrrole nitrogens is 1. The van der Waals surface area contributed by atoms with Gasteiger partial charge in [-0.25, -0.2) is 9.53 Å². The van der Waals surface area contributed by atoms with Crippen molar-refractivity contribution in [1.82, 2.24) is 20.0 Å². The molecule has 1 aromatic carbocycles. The lowest BCUT2D eigenvalue weighted by Crippen LogP contribution is -2.55. The van der Waals surface area contributed by atoms with Crippen molar-refractivity contribution >= 4 is 44.7 Å². The molecule has 2 unspecified atom stereocenters. The topological polar surface area (TPSA) is 127 Å². The summed E-state index contributed by atoms with van der Waals surface area (Å²) in [6.45, 7) is 7.02. The Morgan fingerprint density at radius 3 is 2.97 bits per heavy atom. The van der Waals surface area contributed by atoms with Crippen LogP contribution in [0.4, 0.5) is 5.69 Å². The molecule has 0 spiro atoms. The molecule has 1 aliphatic rings. The van der Waals surface area contributed by atoms with Gasteiger partial charge in [0.1, 0.15) is 35.5 Å². The fraction of sp³-hybridized carbons (Fsp3) is 0.368. The van der Waals surface area contributed by atoms with Gasteiger partial charge in [-0.3, -0.25) is 4.79 Å². The van der Waals surface area contributed by atoms with Gasteiger partial charge >= 0.3 is 4.87 Å². The van der Waals surface area contributed by atoms with E-state index in [-0.39, 0.29) is 4.87 Å². The summed E-state index contributed by atoms with van der Waals surface area (Å²) in [5, 5.41) is 30.6. The number of nitrogens with one attached hydrogen (secondary N) is 1. The van der Waals surface area contributed by atoms with E-state index >= 15 is 0 Å². The van der Waals surface area contributed by atoms with Crippen LogP contribution in [0.1, 0.15) is 6.04 Å². The second-order valence-electron chi connectivity index (χ2n) is 6.89. The molecule has 3 N–H and O–H groups in total. The average molecular weight is 540 g/mol. The number of benzene rings is 1. The highest BCUT2D eigenvalue weighted by Crippen LogP contribution is 2.43. The van der Waals surface area contributed by atoms with E-state index in [2.05, 4.69) is 36.1 Å². The smallest absolute Gasteiger partial charge is 0.304 e. The van der Waals surface area contributed by atoms with Crippen LogP contribution in [0.2, 0.25) is 0 Å². The molecule has 168 valence electrons. The minimum Gasteiger partial charge on any atom is -0.394 e. The maximum atomic E-state index is 11.5. The molecule has 3 aromatic rings. The fourth-order valence-electron chi connectivity index (χ4n) is 3.46. The number of nitrogens with zero attached hydrogens (tertiary/aromatic N) is 4. The largest absolute Gasteiger partial charge is 0.394 e. The van der Waals surface area contributed by atoms with Crippen molar-refractivity contribution in [2.24, 2.45) is 0 Å². The number of ether oxygens (including phenoxy) is 2. The normalized spacial score (nSPS) is 25.5. The van der Waals surface area contributed by atoms with E-state index in [1.165, 1.54) is 23.6 Å². The highest BCUT2D eigenvalue weighted by atomic mass is 79.9. The maximum Gasteiger partial charge on any atom is 0.304 e. The molecule has 13 heteroatoms. The third-order valence-electron chi connectivity index (χ3n) is 4.99. The van der Waals surface area contributed by atoms with Gasteiger partial charge in [0, 0.05) is 21.9 Å².